The third-order valence-corrected chi connectivity index (χ3v) is 4.17. The number of sulfonamides is 1. The van der Waals surface area contributed by atoms with E-state index >= 15 is 0 Å². The lowest BCUT2D eigenvalue weighted by atomic mass is 10.1. The zero-order valence-corrected chi connectivity index (χ0v) is 13.2. The predicted molar refractivity (Wildman–Crippen MR) is 78.4 cm³/mol. The molecular formula is C14H15F3N2O3S. The Bertz CT molecular complexity index is 813. The van der Waals surface area contributed by atoms with Crippen molar-refractivity contribution in [2.45, 2.75) is 24.5 Å². The number of hydrogen-bond acceptors (Lipinski definition) is 4. The quantitative estimate of drug-likeness (QED) is 0.922. The first-order valence-corrected chi connectivity index (χ1v) is 8.03. The van der Waals surface area contributed by atoms with Crippen LogP contribution >= 0.6 is 0 Å². The summed E-state index contributed by atoms with van der Waals surface area (Å²) in [6, 6.07) is 6.35. The average molecular weight is 348 g/mol. The number of halogens is 3. The molecular weight excluding hydrogens is 333 g/mol. The summed E-state index contributed by atoms with van der Waals surface area (Å²) in [5, 5.41) is 4.85. The monoisotopic (exact) mass is 348 g/mol. The number of nitrogens with zero attached hydrogens (tertiary/aromatic N) is 1. The van der Waals surface area contributed by atoms with Crippen LogP contribution in [0.3, 0.4) is 0 Å². The maximum absolute atomic E-state index is 13.1. The summed E-state index contributed by atoms with van der Waals surface area (Å²) in [6.07, 6.45) is -4.83. The van der Waals surface area contributed by atoms with Crippen molar-refractivity contribution >= 4 is 15.7 Å². The van der Waals surface area contributed by atoms with E-state index in [9.17, 15) is 21.6 Å². The number of benzene rings is 1. The van der Waals surface area contributed by atoms with Gasteiger partial charge in [-0.05, 0) is 37.3 Å². The number of furan rings is 1. The number of alkyl halides is 3. The van der Waals surface area contributed by atoms with E-state index in [0.29, 0.717) is 11.5 Å². The van der Waals surface area contributed by atoms with Crippen LogP contribution in [0.15, 0.2) is 39.6 Å². The highest BCUT2D eigenvalue weighted by molar-refractivity contribution is 7.89. The van der Waals surface area contributed by atoms with Gasteiger partial charge in [-0.15, -0.1) is 0 Å². The Morgan fingerprint density at radius 2 is 1.87 bits per heavy atom. The van der Waals surface area contributed by atoms with Gasteiger partial charge in [-0.1, -0.05) is 0 Å². The third-order valence-electron chi connectivity index (χ3n) is 3.20. The van der Waals surface area contributed by atoms with Crippen LogP contribution in [0, 0.1) is 6.92 Å². The summed E-state index contributed by atoms with van der Waals surface area (Å²) in [6.45, 7) is 1.99. The summed E-state index contributed by atoms with van der Waals surface area (Å²) in [7, 11) is -2.90. The van der Waals surface area contributed by atoms with E-state index < -0.39 is 26.7 Å². The van der Waals surface area contributed by atoms with Crippen molar-refractivity contribution in [1.82, 2.24) is 0 Å². The molecule has 1 aromatic carbocycles. The Kier molecular flexibility index (Phi) is 4.45. The highest BCUT2D eigenvalue weighted by Gasteiger charge is 2.36. The highest BCUT2D eigenvalue weighted by Crippen LogP contribution is 2.36. The summed E-state index contributed by atoms with van der Waals surface area (Å²) in [5.41, 5.74) is -1.10. The largest absolute Gasteiger partial charge is 0.464 e. The fraction of sp³-hybridized carbons (Fsp3) is 0.286. The van der Waals surface area contributed by atoms with E-state index in [2.05, 4.69) is 0 Å². The van der Waals surface area contributed by atoms with Gasteiger partial charge in [0.2, 0.25) is 10.0 Å². The smallest absolute Gasteiger partial charge is 0.417 e. The van der Waals surface area contributed by atoms with Gasteiger partial charge in [0, 0.05) is 12.7 Å². The second-order valence-corrected chi connectivity index (χ2v) is 6.62. The molecule has 0 amide bonds. The Hall–Kier alpha value is -2.00. The molecule has 0 radical (unpaired) electrons. The maximum atomic E-state index is 13.1. The number of hydrogen-bond donors (Lipinski definition) is 1. The van der Waals surface area contributed by atoms with E-state index in [1.165, 1.54) is 11.0 Å². The van der Waals surface area contributed by atoms with Crippen molar-refractivity contribution < 1.29 is 26.0 Å². The van der Waals surface area contributed by atoms with E-state index in [1.54, 1.807) is 26.1 Å². The van der Waals surface area contributed by atoms with Gasteiger partial charge in [-0.25, -0.2) is 13.6 Å². The van der Waals surface area contributed by atoms with Crippen LogP contribution in [0.4, 0.5) is 18.9 Å². The lowest BCUT2D eigenvalue weighted by Crippen LogP contribution is -2.21. The molecule has 0 aliphatic carbocycles. The normalized spacial score (nSPS) is 12.4. The van der Waals surface area contributed by atoms with Crippen LogP contribution < -0.4 is 10.0 Å². The maximum Gasteiger partial charge on any atom is 0.417 e. The van der Waals surface area contributed by atoms with Crippen LogP contribution in [0.25, 0.3) is 0 Å². The van der Waals surface area contributed by atoms with Crippen molar-refractivity contribution in [3.63, 3.8) is 0 Å². The van der Waals surface area contributed by atoms with Crippen LogP contribution in [0.1, 0.15) is 17.1 Å². The van der Waals surface area contributed by atoms with Crippen molar-refractivity contribution in [1.29, 1.82) is 0 Å². The van der Waals surface area contributed by atoms with Crippen LogP contribution in [0.2, 0.25) is 0 Å². The number of nitrogens with two attached hydrogens (primary N) is 1. The fourth-order valence-corrected chi connectivity index (χ4v) is 2.86. The van der Waals surface area contributed by atoms with Crippen LogP contribution in [-0.2, 0) is 22.7 Å². The fourth-order valence-electron chi connectivity index (χ4n) is 2.12. The number of aryl methyl sites for hydroxylation is 1. The lowest BCUT2D eigenvalue weighted by Gasteiger charge is -2.20. The van der Waals surface area contributed by atoms with Gasteiger partial charge in [0.15, 0.2) is 0 Å². The van der Waals surface area contributed by atoms with Gasteiger partial charge < -0.3 is 9.32 Å². The predicted octanol–water partition coefficient (Wildman–Crippen LogP) is 2.89. The molecule has 0 fully saturated rings. The van der Waals surface area contributed by atoms with Crippen molar-refractivity contribution in [2.24, 2.45) is 5.14 Å². The van der Waals surface area contributed by atoms with Crippen molar-refractivity contribution in [2.75, 3.05) is 11.9 Å². The third kappa shape index (κ3) is 4.05. The van der Waals surface area contributed by atoms with E-state index in [0.717, 1.165) is 12.1 Å². The molecule has 23 heavy (non-hydrogen) atoms. The first-order valence-electron chi connectivity index (χ1n) is 6.49. The summed E-state index contributed by atoms with van der Waals surface area (Å²) < 4.78 is 67.3. The molecule has 2 rings (SSSR count). The number of rotatable bonds is 4. The first kappa shape index (κ1) is 17.4. The second kappa shape index (κ2) is 5.89. The summed E-state index contributed by atoms with van der Waals surface area (Å²) in [4.78, 5) is 0.566. The minimum Gasteiger partial charge on any atom is -0.464 e. The van der Waals surface area contributed by atoms with Gasteiger partial charge in [-0.2, -0.15) is 13.2 Å². The molecule has 2 N–H and O–H groups in total. The Morgan fingerprint density at radius 1 is 1.22 bits per heavy atom. The zero-order valence-electron chi connectivity index (χ0n) is 12.4. The summed E-state index contributed by atoms with van der Waals surface area (Å²) in [5.74, 6) is 1.27. The molecule has 0 unspecified atom stereocenters. The lowest BCUT2D eigenvalue weighted by molar-refractivity contribution is -0.139. The Labute approximate surface area is 131 Å². The molecule has 0 aliphatic rings. The summed E-state index contributed by atoms with van der Waals surface area (Å²) >= 11 is 0. The molecule has 9 heteroatoms. The first-order chi connectivity index (χ1) is 10.5. The standard InChI is InChI=1S/C14H15F3N2O3S/c1-9-3-5-11(22-9)8-19(2)10-4-6-13(23(18,20)21)12(7-10)14(15,16)17/h3-7H,8H2,1-2H3,(H2,18,20,21). The van der Waals surface area contributed by atoms with Gasteiger partial charge in [0.25, 0.3) is 0 Å². The minimum atomic E-state index is -4.83. The second-order valence-electron chi connectivity index (χ2n) is 5.09. The Morgan fingerprint density at radius 3 is 2.35 bits per heavy atom. The molecule has 2 aromatic rings. The number of anilines is 1. The molecule has 0 saturated carbocycles. The molecule has 0 saturated heterocycles. The Balaban J connectivity index is 2.41. The average Bonchev–Trinajstić information content (AvgIpc) is 2.81. The molecule has 1 heterocycles. The van der Waals surface area contributed by atoms with E-state index in [-0.39, 0.29) is 12.2 Å². The van der Waals surface area contributed by atoms with E-state index in [1.807, 2.05) is 0 Å². The van der Waals surface area contributed by atoms with Crippen LogP contribution in [0.5, 0.6) is 0 Å². The van der Waals surface area contributed by atoms with Gasteiger partial charge in [-0.3, -0.25) is 0 Å². The molecule has 0 spiro atoms. The van der Waals surface area contributed by atoms with Crippen molar-refractivity contribution in [3.8, 4) is 0 Å². The van der Waals surface area contributed by atoms with Gasteiger partial charge >= 0.3 is 6.18 Å². The molecule has 1 aromatic heterocycles. The SMILES string of the molecule is Cc1ccc(CN(C)c2ccc(S(N)(=O)=O)c(C(F)(F)F)c2)o1. The topological polar surface area (TPSA) is 76.5 Å². The minimum absolute atomic E-state index is 0.193. The van der Waals surface area contributed by atoms with Gasteiger partial charge in [0.05, 0.1) is 17.0 Å². The zero-order chi connectivity index (χ0) is 17.4. The van der Waals surface area contributed by atoms with Crippen LogP contribution in [-0.4, -0.2) is 15.5 Å². The van der Waals surface area contributed by atoms with Gasteiger partial charge in [0.1, 0.15) is 11.5 Å². The number of primary sulfonamides is 1. The highest BCUT2D eigenvalue weighted by atomic mass is 32.2. The molecule has 126 valence electrons. The van der Waals surface area contributed by atoms with E-state index in [4.69, 9.17) is 9.56 Å². The molecule has 5 nitrogen and oxygen atoms in total. The van der Waals surface area contributed by atoms with Crippen molar-refractivity contribution in [3.05, 3.63) is 47.4 Å². The molecule has 0 atom stereocenters. The molecule has 0 aliphatic heterocycles. The molecule has 0 bridgehead atoms.